The van der Waals surface area contributed by atoms with Crippen LogP contribution in [0.5, 0.6) is 0 Å². The number of rotatable bonds is 7. The molecule has 1 unspecified atom stereocenters. The molecular weight excluding hydrogens is 412 g/mol. The van der Waals surface area contributed by atoms with Crippen LogP contribution in [-0.4, -0.2) is 23.4 Å². The molecular formula is C25H31F2N3O2. The van der Waals surface area contributed by atoms with Gasteiger partial charge in [-0.3, -0.25) is 4.79 Å². The van der Waals surface area contributed by atoms with Gasteiger partial charge in [-0.25, -0.2) is 8.78 Å². The smallest absolute Gasteiger partial charge is 0.252 e. The molecule has 0 fully saturated rings. The van der Waals surface area contributed by atoms with Gasteiger partial charge >= 0.3 is 0 Å². The van der Waals surface area contributed by atoms with Crippen molar-refractivity contribution in [2.24, 2.45) is 22.2 Å². The van der Waals surface area contributed by atoms with Gasteiger partial charge in [0.1, 0.15) is 11.6 Å². The zero-order valence-corrected chi connectivity index (χ0v) is 19.3. The molecule has 0 saturated carbocycles. The number of hydrogen-bond acceptors (Lipinski definition) is 4. The SMILES string of the molecule is Cc1cccc(C2(CCCN)OC(c3cc(F)ccc3F)=NN2C(=O)C(C)(C)C(C)C)c1. The molecule has 1 amide bonds. The quantitative estimate of drug-likeness (QED) is 0.650. The molecule has 0 saturated heterocycles. The summed E-state index contributed by atoms with van der Waals surface area (Å²) in [5, 5.41) is 5.77. The Balaban J connectivity index is 2.23. The summed E-state index contributed by atoms with van der Waals surface area (Å²) in [6.07, 6.45) is 0.880. The van der Waals surface area contributed by atoms with E-state index in [-0.39, 0.29) is 23.3 Å². The van der Waals surface area contributed by atoms with Gasteiger partial charge in [-0.2, -0.15) is 5.01 Å². The Morgan fingerprint density at radius 2 is 1.94 bits per heavy atom. The number of carbonyl (C=O) groups excluding carboxylic acids is 1. The number of nitrogens with zero attached hydrogens (tertiary/aromatic N) is 2. The van der Waals surface area contributed by atoms with Crippen LogP contribution in [0.4, 0.5) is 8.78 Å². The second kappa shape index (κ2) is 8.98. The fraction of sp³-hybridized carbons (Fsp3) is 0.440. The molecule has 7 heteroatoms. The van der Waals surface area contributed by atoms with Crippen LogP contribution in [0.2, 0.25) is 0 Å². The Kier molecular flexibility index (Phi) is 6.69. The maximum atomic E-state index is 14.6. The molecule has 1 heterocycles. The zero-order chi connectivity index (χ0) is 23.7. The summed E-state index contributed by atoms with van der Waals surface area (Å²) in [4.78, 5) is 13.8. The largest absolute Gasteiger partial charge is 0.443 e. The molecule has 5 nitrogen and oxygen atoms in total. The molecule has 0 bridgehead atoms. The van der Waals surface area contributed by atoms with E-state index in [1.165, 1.54) is 5.01 Å². The molecule has 2 aromatic carbocycles. The van der Waals surface area contributed by atoms with Crippen molar-refractivity contribution in [1.29, 1.82) is 0 Å². The van der Waals surface area contributed by atoms with Crippen molar-refractivity contribution in [3.63, 3.8) is 0 Å². The van der Waals surface area contributed by atoms with E-state index in [0.29, 0.717) is 24.9 Å². The minimum atomic E-state index is -1.32. The second-order valence-electron chi connectivity index (χ2n) is 9.17. The lowest BCUT2D eigenvalue weighted by Gasteiger charge is -2.40. The summed E-state index contributed by atoms with van der Waals surface area (Å²) in [6, 6.07) is 10.7. The highest BCUT2D eigenvalue weighted by Gasteiger charge is 2.53. The van der Waals surface area contributed by atoms with Gasteiger partial charge in [-0.05, 0) is 44.0 Å². The lowest BCUT2D eigenvalue weighted by Crippen LogP contribution is -2.51. The van der Waals surface area contributed by atoms with E-state index in [4.69, 9.17) is 10.5 Å². The van der Waals surface area contributed by atoms with Crippen molar-refractivity contribution >= 4 is 11.8 Å². The average molecular weight is 444 g/mol. The number of halogens is 2. The summed E-state index contributed by atoms with van der Waals surface area (Å²) >= 11 is 0. The van der Waals surface area contributed by atoms with Gasteiger partial charge in [0.05, 0.1) is 5.56 Å². The number of aryl methyl sites for hydroxylation is 1. The monoisotopic (exact) mass is 443 g/mol. The zero-order valence-electron chi connectivity index (χ0n) is 19.3. The first kappa shape index (κ1) is 23.9. The Morgan fingerprint density at radius 1 is 1.22 bits per heavy atom. The van der Waals surface area contributed by atoms with Crippen molar-refractivity contribution in [2.75, 3.05) is 6.54 Å². The lowest BCUT2D eigenvalue weighted by molar-refractivity contribution is -0.164. The number of amides is 1. The van der Waals surface area contributed by atoms with E-state index in [1.54, 1.807) is 0 Å². The third-order valence-electron chi connectivity index (χ3n) is 6.33. The maximum absolute atomic E-state index is 14.6. The van der Waals surface area contributed by atoms with Crippen molar-refractivity contribution < 1.29 is 18.3 Å². The Hall–Kier alpha value is -2.80. The lowest BCUT2D eigenvalue weighted by atomic mass is 9.79. The number of hydrogen-bond donors (Lipinski definition) is 1. The number of benzene rings is 2. The number of nitrogens with two attached hydrogens (primary N) is 1. The minimum Gasteiger partial charge on any atom is -0.443 e. The second-order valence-corrected chi connectivity index (χ2v) is 9.17. The summed E-state index contributed by atoms with van der Waals surface area (Å²) in [5.74, 6) is -1.70. The van der Waals surface area contributed by atoms with Crippen LogP contribution in [0.3, 0.4) is 0 Å². The number of ether oxygens (including phenoxy) is 1. The molecule has 1 atom stereocenters. The third-order valence-corrected chi connectivity index (χ3v) is 6.33. The van der Waals surface area contributed by atoms with Crippen LogP contribution >= 0.6 is 0 Å². The van der Waals surface area contributed by atoms with E-state index < -0.39 is 22.8 Å². The van der Waals surface area contributed by atoms with Crippen LogP contribution in [0, 0.1) is 29.9 Å². The van der Waals surface area contributed by atoms with E-state index in [2.05, 4.69) is 5.10 Å². The Labute approximate surface area is 188 Å². The first-order valence-corrected chi connectivity index (χ1v) is 10.9. The van der Waals surface area contributed by atoms with Crippen LogP contribution in [0.25, 0.3) is 0 Å². The van der Waals surface area contributed by atoms with Crippen LogP contribution in [-0.2, 0) is 15.3 Å². The predicted molar refractivity (Wildman–Crippen MR) is 121 cm³/mol. The Bertz CT molecular complexity index is 1040. The Morgan fingerprint density at radius 3 is 2.56 bits per heavy atom. The molecule has 1 aliphatic heterocycles. The molecule has 0 radical (unpaired) electrons. The highest BCUT2D eigenvalue weighted by molar-refractivity contribution is 5.97. The van der Waals surface area contributed by atoms with E-state index in [9.17, 15) is 13.6 Å². The van der Waals surface area contributed by atoms with Gasteiger partial charge in [-0.15, -0.1) is 5.10 Å². The third kappa shape index (κ3) is 4.26. The van der Waals surface area contributed by atoms with Crippen molar-refractivity contribution in [1.82, 2.24) is 5.01 Å². The first-order valence-electron chi connectivity index (χ1n) is 10.9. The molecule has 2 N–H and O–H groups in total. The number of carbonyl (C=O) groups is 1. The van der Waals surface area contributed by atoms with Crippen LogP contribution in [0.1, 0.15) is 57.2 Å². The molecule has 0 aliphatic carbocycles. The highest BCUT2D eigenvalue weighted by atomic mass is 19.1. The molecule has 2 aromatic rings. The average Bonchev–Trinajstić information content (AvgIpc) is 3.13. The van der Waals surface area contributed by atoms with E-state index >= 15 is 0 Å². The van der Waals surface area contributed by atoms with Crippen molar-refractivity contribution in [3.05, 3.63) is 70.8 Å². The molecule has 0 aromatic heterocycles. The van der Waals surface area contributed by atoms with Gasteiger partial charge in [-0.1, -0.05) is 57.5 Å². The summed E-state index contributed by atoms with van der Waals surface area (Å²) in [7, 11) is 0. The van der Waals surface area contributed by atoms with Gasteiger partial charge < -0.3 is 10.5 Å². The van der Waals surface area contributed by atoms with Crippen molar-refractivity contribution in [2.45, 2.75) is 53.2 Å². The van der Waals surface area contributed by atoms with E-state index in [0.717, 1.165) is 23.8 Å². The fourth-order valence-corrected chi connectivity index (χ4v) is 3.61. The highest BCUT2D eigenvalue weighted by Crippen LogP contribution is 2.44. The standard InChI is InChI=1S/C25H31F2N3O2/c1-16(2)24(4,5)23(31)30-25(12-7-13-28,18-9-6-8-17(3)14-18)32-22(29-30)20-15-19(26)10-11-21(20)27/h6,8-11,14-16H,7,12-13,28H2,1-5H3. The molecule has 1 aliphatic rings. The summed E-state index contributed by atoms with van der Waals surface area (Å²) < 4.78 is 34.9. The molecule has 32 heavy (non-hydrogen) atoms. The van der Waals surface area contributed by atoms with E-state index in [1.807, 2.05) is 58.9 Å². The van der Waals surface area contributed by atoms with Gasteiger partial charge in [0.15, 0.2) is 0 Å². The molecule has 0 spiro atoms. The van der Waals surface area contributed by atoms with Crippen LogP contribution < -0.4 is 5.73 Å². The van der Waals surface area contributed by atoms with Gasteiger partial charge in [0, 0.05) is 17.4 Å². The predicted octanol–water partition coefficient (Wildman–Crippen LogP) is 5.07. The molecule has 3 rings (SSSR count). The fourth-order valence-electron chi connectivity index (χ4n) is 3.61. The minimum absolute atomic E-state index is 0.00451. The van der Waals surface area contributed by atoms with Crippen LogP contribution in [0.15, 0.2) is 47.6 Å². The van der Waals surface area contributed by atoms with Gasteiger partial charge in [0.25, 0.3) is 5.91 Å². The first-order chi connectivity index (χ1) is 15.0. The topological polar surface area (TPSA) is 67.9 Å². The van der Waals surface area contributed by atoms with Gasteiger partial charge in [0.2, 0.25) is 11.6 Å². The summed E-state index contributed by atoms with van der Waals surface area (Å²) in [6.45, 7) is 9.92. The molecule has 172 valence electrons. The summed E-state index contributed by atoms with van der Waals surface area (Å²) in [5.41, 5.74) is 5.26. The van der Waals surface area contributed by atoms with Crippen molar-refractivity contribution in [3.8, 4) is 0 Å². The maximum Gasteiger partial charge on any atom is 0.252 e. The normalized spacial score (nSPS) is 18.7. The number of hydrazone groups is 1.